The van der Waals surface area contributed by atoms with E-state index in [0.29, 0.717) is 13.0 Å². The molecule has 1 atom stereocenters. The number of amides is 2. The van der Waals surface area contributed by atoms with E-state index in [0.717, 1.165) is 4.88 Å². The molecule has 2 amide bonds. The van der Waals surface area contributed by atoms with Crippen LogP contribution in [0.5, 0.6) is 0 Å². The fraction of sp³-hybridized carbons (Fsp3) is 0.583. The molecule has 6 heteroatoms. The zero-order valence-corrected chi connectivity index (χ0v) is 11.6. The van der Waals surface area contributed by atoms with Crippen LogP contribution in [0.25, 0.3) is 0 Å². The largest absolute Gasteiger partial charge is 0.342 e. The molecule has 5 nitrogen and oxygen atoms in total. The second kappa shape index (κ2) is 4.68. The molecule has 0 aliphatic carbocycles. The summed E-state index contributed by atoms with van der Waals surface area (Å²) in [6, 6.07) is -0.404. The summed E-state index contributed by atoms with van der Waals surface area (Å²) in [5, 5.41) is 2.77. The molecule has 1 fully saturated rings. The van der Waals surface area contributed by atoms with Gasteiger partial charge in [0, 0.05) is 11.1 Å². The van der Waals surface area contributed by atoms with E-state index in [1.165, 1.54) is 11.3 Å². The molecule has 1 aromatic heterocycles. The first-order chi connectivity index (χ1) is 8.46. The van der Waals surface area contributed by atoms with E-state index >= 15 is 0 Å². The van der Waals surface area contributed by atoms with Crippen molar-refractivity contribution in [2.24, 2.45) is 0 Å². The van der Waals surface area contributed by atoms with E-state index in [4.69, 9.17) is 0 Å². The monoisotopic (exact) mass is 267 g/mol. The summed E-state index contributed by atoms with van der Waals surface area (Å²) < 4.78 is 0. The van der Waals surface area contributed by atoms with Crippen LogP contribution in [-0.4, -0.2) is 33.3 Å². The number of aromatic nitrogens is 1. The normalized spacial score (nSPS) is 23.1. The molecule has 0 radical (unpaired) electrons. The Hall–Kier alpha value is -1.43. The Labute approximate surface area is 110 Å². The summed E-state index contributed by atoms with van der Waals surface area (Å²) >= 11 is 1.49. The zero-order valence-electron chi connectivity index (χ0n) is 10.8. The number of carbonyl (C=O) groups excluding carboxylic acids is 2. The summed E-state index contributed by atoms with van der Waals surface area (Å²) in [5.74, 6) is -0.117. The van der Waals surface area contributed by atoms with Crippen LogP contribution < -0.4 is 5.32 Å². The van der Waals surface area contributed by atoms with Crippen LogP contribution >= 0.6 is 11.3 Å². The number of hydrogen-bond acceptors (Lipinski definition) is 4. The van der Waals surface area contributed by atoms with Crippen molar-refractivity contribution >= 4 is 23.2 Å². The first-order valence-electron chi connectivity index (χ1n) is 5.96. The van der Waals surface area contributed by atoms with Gasteiger partial charge in [-0.2, -0.15) is 0 Å². The van der Waals surface area contributed by atoms with Gasteiger partial charge in [-0.1, -0.05) is 6.92 Å². The molecule has 98 valence electrons. The Morgan fingerprint density at radius 3 is 2.78 bits per heavy atom. The van der Waals surface area contributed by atoms with E-state index in [9.17, 15) is 9.59 Å². The quantitative estimate of drug-likeness (QED) is 0.894. The van der Waals surface area contributed by atoms with Crippen LogP contribution in [0.1, 0.15) is 32.1 Å². The van der Waals surface area contributed by atoms with E-state index in [-0.39, 0.29) is 11.8 Å². The van der Waals surface area contributed by atoms with Gasteiger partial charge in [0.05, 0.1) is 12.1 Å². The predicted octanol–water partition coefficient (Wildman–Crippen LogP) is 1.16. The molecule has 18 heavy (non-hydrogen) atoms. The van der Waals surface area contributed by atoms with Crippen LogP contribution in [0.4, 0.5) is 0 Å². The molecular formula is C12H17N3O2S. The van der Waals surface area contributed by atoms with E-state index in [1.807, 2.05) is 6.92 Å². The number of piperazine rings is 1. The lowest BCUT2D eigenvalue weighted by Crippen LogP contribution is -2.67. The molecule has 2 rings (SSSR count). The zero-order chi connectivity index (χ0) is 13.3. The summed E-state index contributed by atoms with van der Waals surface area (Å²) in [6.07, 6.45) is 2.35. The second-order valence-corrected chi connectivity index (χ2v) is 5.86. The molecular weight excluding hydrogens is 250 g/mol. The molecule has 1 unspecified atom stereocenters. The fourth-order valence-electron chi connectivity index (χ4n) is 2.01. The number of carbonyl (C=O) groups is 2. The van der Waals surface area contributed by atoms with Crippen molar-refractivity contribution in [1.29, 1.82) is 0 Å². The summed E-state index contributed by atoms with van der Waals surface area (Å²) in [7, 11) is 0. The highest BCUT2D eigenvalue weighted by Crippen LogP contribution is 2.25. The van der Waals surface area contributed by atoms with Gasteiger partial charge >= 0.3 is 0 Å². The number of hydrogen-bond donors (Lipinski definition) is 1. The maximum Gasteiger partial charge on any atom is 0.246 e. The third-order valence-electron chi connectivity index (χ3n) is 3.31. The fourth-order valence-corrected chi connectivity index (χ4v) is 2.59. The van der Waals surface area contributed by atoms with Gasteiger partial charge in [0.15, 0.2) is 0 Å². The highest BCUT2D eigenvalue weighted by Gasteiger charge is 2.45. The Balaban J connectivity index is 2.27. The molecule has 0 bridgehead atoms. The maximum absolute atomic E-state index is 12.3. The summed E-state index contributed by atoms with van der Waals surface area (Å²) in [4.78, 5) is 31.0. The van der Waals surface area contributed by atoms with Gasteiger partial charge in [-0.05, 0) is 20.3 Å². The molecule has 1 aliphatic rings. The molecule has 1 aromatic rings. The minimum Gasteiger partial charge on any atom is -0.342 e. The highest BCUT2D eigenvalue weighted by molar-refractivity contribution is 7.09. The average molecular weight is 267 g/mol. The number of rotatable bonds is 3. The molecule has 0 aromatic carbocycles. The lowest BCUT2D eigenvalue weighted by Gasteiger charge is -2.43. The Morgan fingerprint density at radius 2 is 2.22 bits per heavy atom. The van der Waals surface area contributed by atoms with Crippen molar-refractivity contribution < 1.29 is 9.59 Å². The van der Waals surface area contributed by atoms with Crippen molar-refractivity contribution in [3.63, 3.8) is 0 Å². The average Bonchev–Trinajstić information content (AvgIpc) is 2.82. The number of nitrogens with zero attached hydrogens (tertiary/aromatic N) is 2. The first-order valence-corrected chi connectivity index (χ1v) is 6.84. The Kier molecular flexibility index (Phi) is 3.38. The van der Waals surface area contributed by atoms with Crippen molar-refractivity contribution in [3.8, 4) is 0 Å². The van der Waals surface area contributed by atoms with Gasteiger partial charge in [0.2, 0.25) is 11.8 Å². The van der Waals surface area contributed by atoms with E-state index in [1.54, 1.807) is 30.5 Å². The molecule has 1 aliphatic heterocycles. The summed E-state index contributed by atoms with van der Waals surface area (Å²) in [6.45, 7) is 5.88. The van der Waals surface area contributed by atoms with Crippen molar-refractivity contribution in [2.45, 2.75) is 45.3 Å². The lowest BCUT2D eigenvalue weighted by molar-refractivity contribution is -0.156. The molecule has 0 saturated carbocycles. The van der Waals surface area contributed by atoms with Gasteiger partial charge in [-0.3, -0.25) is 14.6 Å². The minimum absolute atomic E-state index is 0.0181. The van der Waals surface area contributed by atoms with Crippen molar-refractivity contribution in [3.05, 3.63) is 16.6 Å². The SMILES string of the molecule is CCC1NC(=O)C(C)(C)N(Cc2cncs2)C1=O. The molecule has 0 spiro atoms. The maximum atomic E-state index is 12.3. The van der Waals surface area contributed by atoms with Gasteiger partial charge in [-0.25, -0.2) is 0 Å². The third kappa shape index (κ3) is 2.12. The third-order valence-corrected chi connectivity index (χ3v) is 4.07. The van der Waals surface area contributed by atoms with Crippen molar-refractivity contribution in [2.75, 3.05) is 0 Å². The minimum atomic E-state index is -0.813. The van der Waals surface area contributed by atoms with E-state index < -0.39 is 11.6 Å². The van der Waals surface area contributed by atoms with E-state index in [2.05, 4.69) is 10.3 Å². The lowest BCUT2D eigenvalue weighted by atomic mass is 9.94. The number of nitrogens with one attached hydrogen (secondary N) is 1. The predicted molar refractivity (Wildman–Crippen MR) is 69.0 cm³/mol. The smallest absolute Gasteiger partial charge is 0.246 e. The van der Waals surface area contributed by atoms with Crippen LogP contribution in [0, 0.1) is 0 Å². The van der Waals surface area contributed by atoms with Crippen LogP contribution in [0.15, 0.2) is 11.7 Å². The Bertz CT molecular complexity index is 456. The topological polar surface area (TPSA) is 62.3 Å². The van der Waals surface area contributed by atoms with Crippen LogP contribution in [0.2, 0.25) is 0 Å². The standard InChI is InChI=1S/C12H17N3O2S/c1-4-9-10(16)15(6-8-5-13-7-18-8)12(2,3)11(17)14-9/h5,7,9H,4,6H2,1-3H3,(H,14,17). The van der Waals surface area contributed by atoms with Crippen LogP contribution in [-0.2, 0) is 16.1 Å². The van der Waals surface area contributed by atoms with Gasteiger partial charge < -0.3 is 10.2 Å². The van der Waals surface area contributed by atoms with Crippen molar-refractivity contribution in [1.82, 2.24) is 15.2 Å². The van der Waals surface area contributed by atoms with Gasteiger partial charge in [0.1, 0.15) is 11.6 Å². The first kappa shape index (κ1) is 13.0. The van der Waals surface area contributed by atoms with Gasteiger partial charge in [-0.15, -0.1) is 11.3 Å². The molecule has 1 saturated heterocycles. The second-order valence-electron chi connectivity index (χ2n) is 4.89. The molecule has 1 N–H and O–H groups in total. The number of thiazole rings is 1. The van der Waals surface area contributed by atoms with Gasteiger partial charge in [0.25, 0.3) is 0 Å². The highest BCUT2D eigenvalue weighted by atomic mass is 32.1. The van der Waals surface area contributed by atoms with Crippen LogP contribution in [0.3, 0.4) is 0 Å². The molecule has 2 heterocycles. The summed E-state index contributed by atoms with van der Waals surface area (Å²) in [5.41, 5.74) is 0.918. The Morgan fingerprint density at radius 1 is 1.50 bits per heavy atom.